The summed E-state index contributed by atoms with van der Waals surface area (Å²) >= 11 is 3.60. The lowest BCUT2D eigenvalue weighted by Crippen LogP contribution is -2.09. The van der Waals surface area contributed by atoms with Gasteiger partial charge < -0.3 is 4.57 Å². The third-order valence-electron chi connectivity index (χ3n) is 2.53. The van der Waals surface area contributed by atoms with Gasteiger partial charge in [0.15, 0.2) is 0 Å². The van der Waals surface area contributed by atoms with Gasteiger partial charge in [-0.1, -0.05) is 29.8 Å². The molecule has 2 unspecified atom stereocenters. The van der Waals surface area contributed by atoms with Crippen molar-refractivity contribution in [1.29, 1.82) is 0 Å². The first kappa shape index (κ1) is 10.8. The minimum absolute atomic E-state index is 0.591. The lowest BCUT2D eigenvalue weighted by molar-refractivity contribution is 0.521. The van der Waals surface area contributed by atoms with Crippen molar-refractivity contribution >= 4 is 15.9 Å². The summed E-state index contributed by atoms with van der Waals surface area (Å²) in [6.45, 7) is 4.46. The van der Waals surface area contributed by atoms with Crippen LogP contribution in [0.5, 0.6) is 0 Å². The second kappa shape index (κ2) is 4.80. The predicted molar refractivity (Wildman–Crippen MR) is 59.1 cm³/mol. The second-order valence-electron chi connectivity index (χ2n) is 3.65. The summed E-state index contributed by atoms with van der Waals surface area (Å²) in [7, 11) is 2.05. The van der Waals surface area contributed by atoms with E-state index in [4.69, 9.17) is 0 Å². The highest BCUT2D eigenvalue weighted by Crippen LogP contribution is 2.17. The number of hydrogen-bond acceptors (Lipinski definition) is 1. The molecule has 3 heteroatoms. The van der Waals surface area contributed by atoms with Gasteiger partial charge in [0.25, 0.3) is 0 Å². The van der Waals surface area contributed by atoms with Gasteiger partial charge in [-0.3, -0.25) is 0 Å². The first-order chi connectivity index (χ1) is 6.11. The molecule has 0 radical (unpaired) electrons. The molecule has 13 heavy (non-hydrogen) atoms. The van der Waals surface area contributed by atoms with Gasteiger partial charge in [0, 0.05) is 30.7 Å². The van der Waals surface area contributed by atoms with Crippen molar-refractivity contribution in [2.75, 3.05) is 0 Å². The molecule has 0 N–H and O–H groups in total. The molecule has 1 rings (SSSR count). The smallest absolute Gasteiger partial charge is 0.108 e. The normalized spacial score (nSPS) is 15.7. The van der Waals surface area contributed by atoms with Crippen LogP contribution in [-0.4, -0.2) is 14.4 Å². The molecule has 0 spiro atoms. The van der Waals surface area contributed by atoms with Crippen molar-refractivity contribution in [2.24, 2.45) is 13.0 Å². The maximum atomic E-state index is 4.29. The number of alkyl halides is 1. The van der Waals surface area contributed by atoms with E-state index >= 15 is 0 Å². The van der Waals surface area contributed by atoms with E-state index in [1.165, 1.54) is 12.2 Å². The third kappa shape index (κ3) is 3.14. The maximum absolute atomic E-state index is 4.29. The highest BCUT2D eigenvalue weighted by Gasteiger charge is 2.09. The topological polar surface area (TPSA) is 17.8 Å². The lowest BCUT2D eigenvalue weighted by Gasteiger charge is -2.13. The summed E-state index contributed by atoms with van der Waals surface area (Å²) in [6.07, 6.45) is 6.12. The standard InChI is InChI=1S/C10H17BrN2/c1-8(9(2)11)4-5-10-12-6-7-13(10)3/h6-9H,4-5H2,1-3H3. The van der Waals surface area contributed by atoms with Crippen molar-refractivity contribution < 1.29 is 0 Å². The van der Waals surface area contributed by atoms with Crippen LogP contribution < -0.4 is 0 Å². The monoisotopic (exact) mass is 244 g/mol. The van der Waals surface area contributed by atoms with Gasteiger partial charge >= 0.3 is 0 Å². The van der Waals surface area contributed by atoms with Gasteiger partial charge in [0.05, 0.1) is 0 Å². The molecular formula is C10H17BrN2. The number of imidazole rings is 1. The van der Waals surface area contributed by atoms with E-state index in [2.05, 4.69) is 39.3 Å². The van der Waals surface area contributed by atoms with Gasteiger partial charge in [-0.05, 0) is 12.3 Å². The Morgan fingerprint density at radius 2 is 2.23 bits per heavy atom. The highest BCUT2D eigenvalue weighted by atomic mass is 79.9. The molecule has 0 amide bonds. The van der Waals surface area contributed by atoms with Crippen LogP contribution >= 0.6 is 15.9 Å². The van der Waals surface area contributed by atoms with Crippen LogP contribution in [-0.2, 0) is 13.5 Å². The van der Waals surface area contributed by atoms with Crippen LogP contribution in [0.2, 0.25) is 0 Å². The Labute approximate surface area is 88.5 Å². The Bertz CT molecular complexity index is 255. The van der Waals surface area contributed by atoms with Crippen molar-refractivity contribution in [3.63, 3.8) is 0 Å². The van der Waals surface area contributed by atoms with Crippen LogP contribution in [0.25, 0.3) is 0 Å². The molecule has 0 aliphatic heterocycles. The molecule has 1 aromatic heterocycles. The molecule has 0 aromatic carbocycles. The second-order valence-corrected chi connectivity index (χ2v) is 5.09. The van der Waals surface area contributed by atoms with Crippen LogP contribution in [0.3, 0.4) is 0 Å². The van der Waals surface area contributed by atoms with E-state index < -0.39 is 0 Å². The summed E-state index contributed by atoms with van der Waals surface area (Å²) in [5, 5.41) is 0. The van der Waals surface area contributed by atoms with Gasteiger partial charge in [-0.25, -0.2) is 4.98 Å². The van der Waals surface area contributed by atoms with E-state index in [-0.39, 0.29) is 0 Å². The summed E-state index contributed by atoms with van der Waals surface area (Å²) in [6, 6.07) is 0. The summed E-state index contributed by atoms with van der Waals surface area (Å²) in [5.41, 5.74) is 0. The molecule has 74 valence electrons. The molecule has 2 nitrogen and oxygen atoms in total. The molecule has 0 aliphatic carbocycles. The van der Waals surface area contributed by atoms with E-state index in [9.17, 15) is 0 Å². The largest absolute Gasteiger partial charge is 0.338 e. The van der Waals surface area contributed by atoms with E-state index in [0.717, 1.165) is 6.42 Å². The van der Waals surface area contributed by atoms with E-state index in [0.29, 0.717) is 10.7 Å². The fourth-order valence-corrected chi connectivity index (χ4v) is 1.49. The quantitative estimate of drug-likeness (QED) is 0.746. The summed E-state index contributed by atoms with van der Waals surface area (Å²) in [5.74, 6) is 1.89. The van der Waals surface area contributed by atoms with Crippen molar-refractivity contribution in [3.8, 4) is 0 Å². The fraction of sp³-hybridized carbons (Fsp3) is 0.700. The van der Waals surface area contributed by atoms with Crippen LogP contribution in [0.15, 0.2) is 12.4 Å². The lowest BCUT2D eigenvalue weighted by atomic mass is 10.0. The van der Waals surface area contributed by atoms with Crippen molar-refractivity contribution in [1.82, 2.24) is 9.55 Å². The average molecular weight is 245 g/mol. The average Bonchev–Trinajstić information content (AvgIpc) is 2.47. The number of aromatic nitrogens is 2. The van der Waals surface area contributed by atoms with Crippen molar-refractivity contribution in [2.45, 2.75) is 31.5 Å². The van der Waals surface area contributed by atoms with E-state index in [1.807, 2.05) is 19.4 Å². The Hall–Kier alpha value is -0.310. The Balaban J connectivity index is 2.39. The Morgan fingerprint density at radius 1 is 1.54 bits per heavy atom. The molecule has 0 saturated carbocycles. The van der Waals surface area contributed by atoms with Crippen LogP contribution in [0.4, 0.5) is 0 Å². The van der Waals surface area contributed by atoms with Gasteiger partial charge in [0.2, 0.25) is 0 Å². The maximum Gasteiger partial charge on any atom is 0.108 e. The number of halogens is 1. The van der Waals surface area contributed by atoms with Crippen LogP contribution in [0.1, 0.15) is 26.1 Å². The highest BCUT2D eigenvalue weighted by molar-refractivity contribution is 9.09. The van der Waals surface area contributed by atoms with Crippen LogP contribution in [0, 0.1) is 5.92 Å². The van der Waals surface area contributed by atoms with Gasteiger partial charge in [-0.2, -0.15) is 0 Å². The predicted octanol–water partition coefficient (Wildman–Crippen LogP) is 2.77. The first-order valence-electron chi connectivity index (χ1n) is 4.71. The molecule has 1 aromatic rings. The Kier molecular flexibility index (Phi) is 3.97. The zero-order valence-corrected chi connectivity index (χ0v) is 10.1. The zero-order valence-electron chi connectivity index (χ0n) is 8.50. The SMILES string of the molecule is CC(Br)C(C)CCc1nccn1C. The van der Waals surface area contributed by atoms with E-state index in [1.54, 1.807) is 0 Å². The molecule has 2 atom stereocenters. The summed E-state index contributed by atoms with van der Waals surface area (Å²) < 4.78 is 2.09. The van der Waals surface area contributed by atoms with Crippen molar-refractivity contribution in [3.05, 3.63) is 18.2 Å². The number of aryl methyl sites for hydroxylation is 2. The third-order valence-corrected chi connectivity index (χ3v) is 3.43. The minimum Gasteiger partial charge on any atom is -0.338 e. The summed E-state index contributed by atoms with van der Waals surface area (Å²) in [4.78, 5) is 4.89. The van der Waals surface area contributed by atoms with Gasteiger partial charge in [0.1, 0.15) is 5.82 Å². The minimum atomic E-state index is 0.591. The van der Waals surface area contributed by atoms with Gasteiger partial charge in [-0.15, -0.1) is 0 Å². The molecular weight excluding hydrogens is 228 g/mol. The number of nitrogens with zero attached hydrogens (tertiary/aromatic N) is 2. The Morgan fingerprint density at radius 3 is 2.69 bits per heavy atom. The molecule has 0 fully saturated rings. The first-order valence-corrected chi connectivity index (χ1v) is 5.63. The molecule has 0 bridgehead atoms. The molecule has 0 saturated heterocycles. The molecule has 0 aliphatic rings. The number of hydrogen-bond donors (Lipinski definition) is 0. The molecule has 1 heterocycles. The number of rotatable bonds is 4. The fourth-order valence-electron chi connectivity index (χ4n) is 1.22. The zero-order chi connectivity index (χ0) is 9.84.